The second-order valence-corrected chi connectivity index (χ2v) is 8.90. The number of amides is 1. The van der Waals surface area contributed by atoms with Crippen LogP contribution in [0.3, 0.4) is 0 Å². The molecule has 26 heavy (non-hydrogen) atoms. The molecule has 0 saturated carbocycles. The van der Waals surface area contributed by atoms with Crippen LogP contribution in [0.15, 0.2) is 29.2 Å². The molecule has 2 aliphatic heterocycles. The molecule has 6 nitrogen and oxygen atoms in total. The van der Waals surface area contributed by atoms with E-state index < -0.39 is 15.7 Å². The van der Waals surface area contributed by atoms with Gasteiger partial charge in [0.2, 0.25) is 0 Å². The van der Waals surface area contributed by atoms with Gasteiger partial charge in [0.25, 0.3) is 5.91 Å². The van der Waals surface area contributed by atoms with Gasteiger partial charge in [0.1, 0.15) is 11.9 Å². The summed E-state index contributed by atoms with van der Waals surface area (Å²) in [6.07, 6.45) is 1.99. The van der Waals surface area contributed by atoms with Crippen LogP contribution in [0, 0.1) is 5.82 Å². The summed E-state index contributed by atoms with van der Waals surface area (Å²) in [6.45, 7) is 4.14. The van der Waals surface area contributed by atoms with E-state index in [2.05, 4.69) is 4.90 Å². The van der Waals surface area contributed by atoms with Crippen LogP contribution < -0.4 is 0 Å². The lowest BCUT2D eigenvalue weighted by Crippen LogP contribution is -2.51. The second kappa shape index (κ2) is 8.45. The molecule has 8 heteroatoms. The molecule has 1 amide bonds. The molecule has 2 fully saturated rings. The van der Waals surface area contributed by atoms with Gasteiger partial charge in [0.15, 0.2) is 9.84 Å². The van der Waals surface area contributed by atoms with Crippen molar-refractivity contribution in [3.63, 3.8) is 0 Å². The quantitative estimate of drug-likeness (QED) is 0.692. The third-order valence-electron chi connectivity index (χ3n) is 4.95. The molecule has 0 bridgehead atoms. The fourth-order valence-corrected chi connectivity index (χ4v) is 4.70. The standard InChI is InChI=1S/C18H25FN2O4S/c19-15-4-6-16(7-5-15)26(23,24)14-2-8-20-9-11-21(12-10-20)18(22)17-3-1-13-25-17/h4-7,17H,1-3,8-14H2. The lowest BCUT2D eigenvalue weighted by Gasteiger charge is -2.35. The molecular weight excluding hydrogens is 359 g/mol. The largest absolute Gasteiger partial charge is 0.368 e. The van der Waals surface area contributed by atoms with E-state index in [4.69, 9.17) is 4.74 Å². The molecule has 2 heterocycles. The van der Waals surface area contributed by atoms with E-state index in [-0.39, 0.29) is 22.7 Å². The van der Waals surface area contributed by atoms with Gasteiger partial charge in [0.05, 0.1) is 10.6 Å². The normalized spacial score (nSPS) is 21.9. The zero-order chi connectivity index (χ0) is 18.6. The number of carbonyl (C=O) groups is 1. The Bertz CT molecular complexity index is 709. The van der Waals surface area contributed by atoms with Crippen molar-refractivity contribution in [1.82, 2.24) is 9.80 Å². The van der Waals surface area contributed by atoms with E-state index in [1.165, 1.54) is 12.1 Å². The Morgan fingerprint density at radius 1 is 1.15 bits per heavy atom. The third kappa shape index (κ3) is 4.81. The maximum absolute atomic E-state index is 12.9. The number of hydrogen-bond acceptors (Lipinski definition) is 5. The van der Waals surface area contributed by atoms with Crippen LogP contribution in [-0.2, 0) is 19.4 Å². The van der Waals surface area contributed by atoms with Crippen molar-refractivity contribution in [3.8, 4) is 0 Å². The summed E-state index contributed by atoms with van der Waals surface area (Å²) >= 11 is 0. The molecule has 1 aromatic rings. The SMILES string of the molecule is O=C(C1CCCO1)N1CCN(CCCS(=O)(=O)c2ccc(F)cc2)CC1. The van der Waals surface area contributed by atoms with Gasteiger partial charge in [0, 0.05) is 32.8 Å². The van der Waals surface area contributed by atoms with Gasteiger partial charge in [-0.15, -0.1) is 0 Å². The van der Waals surface area contributed by atoms with Crippen LogP contribution >= 0.6 is 0 Å². The summed E-state index contributed by atoms with van der Waals surface area (Å²) in [5, 5.41) is 0. The smallest absolute Gasteiger partial charge is 0.251 e. The van der Waals surface area contributed by atoms with E-state index >= 15 is 0 Å². The monoisotopic (exact) mass is 384 g/mol. The van der Waals surface area contributed by atoms with E-state index in [9.17, 15) is 17.6 Å². The molecule has 3 rings (SSSR count). The molecule has 1 unspecified atom stereocenters. The molecule has 144 valence electrons. The van der Waals surface area contributed by atoms with Crippen molar-refractivity contribution in [1.29, 1.82) is 0 Å². The highest BCUT2D eigenvalue weighted by atomic mass is 32.2. The maximum Gasteiger partial charge on any atom is 0.251 e. The van der Waals surface area contributed by atoms with E-state index in [0.717, 1.165) is 38.1 Å². The average molecular weight is 384 g/mol. The zero-order valence-electron chi connectivity index (χ0n) is 14.8. The van der Waals surface area contributed by atoms with Crippen LogP contribution in [0.25, 0.3) is 0 Å². The first-order chi connectivity index (χ1) is 12.5. The molecular formula is C18H25FN2O4S. The molecule has 1 atom stereocenters. The Kier molecular flexibility index (Phi) is 6.26. The fraction of sp³-hybridized carbons (Fsp3) is 0.611. The van der Waals surface area contributed by atoms with Crippen LogP contribution in [-0.4, -0.2) is 75.3 Å². The van der Waals surface area contributed by atoms with Crippen LogP contribution in [0.2, 0.25) is 0 Å². The predicted octanol–water partition coefficient (Wildman–Crippen LogP) is 1.31. The van der Waals surface area contributed by atoms with Crippen molar-refractivity contribution in [2.24, 2.45) is 0 Å². The zero-order valence-corrected chi connectivity index (χ0v) is 15.6. The first-order valence-corrected chi connectivity index (χ1v) is 10.7. The highest BCUT2D eigenvalue weighted by Crippen LogP contribution is 2.17. The number of ether oxygens (including phenoxy) is 1. The lowest BCUT2D eigenvalue weighted by atomic mass is 10.2. The minimum absolute atomic E-state index is 0.0354. The van der Waals surface area contributed by atoms with E-state index in [0.29, 0.717) is 32.7 Å². The highest BCUT2D eigenvalue weighted by molar-refractivity contribution is 7.91. The van der Waals surface area contributed by atoms with Crippen LogP contribution in [0.5, 0.6) is 0 Å². The molecule has 0 radical (unpaired) electrons. The number of sulfone groups is 1. The van der Waals surface area contributed by atoms with Crippen molar-refractivity contribution < 1.29 is 22.3 Å². The molecule has 0 spiro atoms. The van der Waals surface area contributed by atoms with Gasteiger partial charge in [-0.1, -0.05) is 0 Å². The lowest BCUT2D eigenvalue weighted by molar-refractivity contribution is -0.142. The van der Waals surface area contributed by atoms with Gasteiger partial charge < -0.3 is 9.64 Å². The Labute approximate surface area is 153 Å². The minimum atomic E-state index is -3.39. The van der Waals surface area contributed by atoms with Crippen LogP contribution in [0.1, 0.15) is 19.3 Å². The highest BCUT2D eigenvalue weighted by Gasteiger charge is 2.30. The van der Waals surface area contributed by atoms with E-state index in [1.54, 1.807) is 0 Å². The average Bonchev–Trinajstić information content (AvgIpc) is 3.17. The molecule has 0 N–H and O–H groups in total. The van der Waals surface area contributed by atoms with Crippen molar-refractivity contribution >= 4 is 15.7 Å². The Morgan fingerprint density at radius 3 is 2.46 bits per heavy atom. The number of piperazine rings is 1. The molecule has 1 aromatic carbocycles. The summed E-state index contributed by atoms with van der Waals surface area (Å²) in [6, 6.07) is 4.94. The summed E-state index contributed by atoms with van der Waals surface area (Å²) in [4.78, 5) is 16.5. The van der Waals surface area contributed by atoms with Crippen molar-refractivity contribution in [2.75, 3.05) is 45.1 Å². The van der Waals surface area contributed by atoms with Crippen molar-refractivity contribution in [2.45, 2.75) is 30.3 Å². The number of nitrogens with zero attached hydrogens (tertiary/aromatic N) is 2. The van der Waals surface area contributed by atoms with Crippen LogP contribution in [0.4, 0.5) is 4.39 Å². The number of hydrogen-bond donors (Lipinski definition) is 0. The maximum atomic E-state index is 12.9. The summed E-state index contributed by atoms with van der Waals surface area (Å²) in [7, 11) is -3.39. The second-order valence-electron chi connectivity index (χ2n) is 6.79. The van der Waals surface area contributed by atoms with Crippen molar-refractivity contribution in [3.05, 3.63) is 30.1 Å². The predicted molar refractivity (Wildman–Crippen MR) is 95.1 cm³/mol. The number of carbonyl (C=O) groups excluding carboxylic acids is 1. The Morgan fingerprint density at radius 2 is 1.85 bits per heavy atom. The first-order valence-electron chi connectivity index (χ1n) is 9.07. The minimum Gasteiger partial charge on any atom is -0.368 e. The van der Waals surface area contributed by atoms with Gasteiger partial charge in [-0.2, -0.15) is 0 Å². The molecule has 0 aromatic heterocycles. The van der Waals surface area contributed by atoms with Gasteiger partial charge >= 0.3 is 0 Å². The number of rotatable bonds is 6. The topological polar surface area (TPSA) is 66.9 Å². The summed E-state index contributed by atoms with van der Waals surface area (Å²) in [5.41, 5.74) is 0. The number of benzene rings is 1. The van der Waals surface area contributed by atoms with E-state index in [1.807, 2.05) is 4.90 Å². The molecule has 2 aliphatic rings. The molecule has 2 saturated heterocycles. The third-order valence-corrected chi connectivity index (χ3v) is 6.77. The first kappa shape index (κ1) is 19.3. The Hall–Kier alpha value is -1.51. The van der Waals surface area contributed by atoms with Gasteiger partial charge in [-0.3, -0.25) is 9.69 Å². The summed E-state index contributed by atoms with van der Waals surface area (Å²) < 4.78 is 42.9. The summed E-state index contributed by atoms with van der Waals surface area (Å²) in [5.74, 6) is -0.325. The fourth-order valence-electron chi connectivity index (χ4n) is 3.41. The van der Waals surface area contributed by atoms with Gasteiger partial charge in [-0.25, -0.2) is 12.8 Å². The number of halogens is 1. The Balaban J connectivity index is 1.41. The molecule has 0 aliphatic carbocycles. The van der Waals surface area contributed by atoms with Gasteiger partial charge in [-0.05, 0) is 50.1 Å².